The number of hydrogen-bond donors (Lipinski definition) is 1. The lowest BCUT2D eigenvalue weighted by molar-refractivity contribution is -0.141. The molecule has 1 atom stereocenters. The van der Waals surface area contributed by atoms with Crippen LogP contribution in [0.25, 0.3) is 0 Å². The van der Waals surface area contributed by atoms with Gasteiger partial charge in [0.05, 0.1) is 15.4 Å². The van der Waals surface area contributed by atoms with Crippen molar-refractivity contribution in [3.05, 3.63) is 47.7 Å². The molecule has 2 heterocycles. The van der Waals surface area contributed by atoms with Gasteiger partial charge in [-0.2, -0.15) is 26.3 Å². The summed E-state index contributed by atoms with van der Waals surface area (Å²) in [5.74, 6) is -2.38. The van der Waals surface area contributed by atoms with Crippen molar-refractivity contribution in [3.63, 3.8) is 0 Å². The molecule has 1 fully saturated rings. The zero-order chi connectivity index (χ0) is 23.2. The zero-order valence-electron chi connectivity index (χ0n) is 15.4. The highest BCUT2D eigenvalue weighted by Gasteiger charge is 2.46. The van der Waals surface area contributed by atoms with Crippen LogP contribution in [0.5, 0.6) is 0 Å². The van der Waals surface area contributed by atoms with Crippen LogP contribution in [0.1, 0.15) is 24.0 Å². The lowest BCUT2D eigenvalue weighted by Gasteiger charge is -2.27. The fourth-order valence-electron chi connectivity index (χ4n) is 3.47. The number of aromatic nitrogens is 1. The Morgan fingerprint density at radius 2 is 1.68 bits per heavy atom. The van der Waals surface area contributed by atoms with Crippen molar-refractivity contribution in [2.45, 2.75) is 41.0 Å². The topological polar surface area (TPSA) is 87.6 Å². The van der Waals surface area contributed by atoms with Gasteiger partial charge in [0.15, 0.2) is 0 Å². The molecule has 6 nitrogen and oxygen atoms in total. The number of anilines is 1. The Labute approximate surface area is 172 Å². The number of sulfone groups is 1. The summed E-state index contributed by atoms with van der Waals surface area (Å²) < 4.78 is 108. The predicted molar refractivity (Wildman–Crippen MR) is 94.1 cm³/mol. The Kier molecular flexibility index (Phi) is 5.67. The molecule has 0 bridgehead atoms. The average molecular weight is 468 g/mol. The van der Waals surface area contributed by atoms with Gasteiger partial charge in [-0.3, -0.25) is 0 Å². The molecule has 1 N–H and O–H groups in total. The number of pyridine rings is 1. The van der Waals surface area contributed by atoms with E-state index in [0.29, 0.717) is 24.4 Å². The van der Waals surface area contributed by atoms with Crippen LogP contribution in [0.4, 0.5) is 32.2 Å². The van der Waals surface area contributed by atoms with Crippen molar-refractivity contribution in [3.8, 4) is 0 Å². The van der Waals surface area contributed by atoms with Gasteiger partial charge in [0.25, 0.3) is 0 Å². The average Bonchev–Trinajstić information content (AvgIpc) is 3.16. The maximum Gasteiger partial charge on any atom is 0.421 e. The normalized spacial score (nSPS) is 17.7. The van der Waals surface area contributed by atoms with Gasteiger partial charge >= 0.3 is 18.3 Å². The molecule has 1 unspecified atom stereocenters. The van der Waals surface area contributed by atoms with Crippen molar-refractivity contribution in [2.75, 3.05) is 11.4 Å². The van der Waals surface area contributed by atoms with Crippen molar-refractivity contribution >= 4 is 21.6 Å². The summed E-state index contributed by atoms with van der Waals surface area (Å²) in [6, 6.07) is 1.96. The first-order valence-corrected chi connectivity index (χ1v) is 10.2. The molecule has 0 radical (unpaired) electrons. The molecule has 13 heteroatoms. The van der Waals surface area contributed by atoms with Crippen LogP contribution >= 0.6 is 0 Å². The van der Waals surface area contributed by atoms with Crippen LogP contribution < -0.4 is 4.90 Å². The first kappa shape index (κ1) is 22.8. The number of nitrogens with zero attached hydrogens (tertiary/aromatic N) is 2. The minimum absolute atomic E-state index is 0.00218. The number of hydrogen-bond acceptors (Lipinski definition) is 5. The fraction of sp³-hybridized carbons (Fsp3) is 0.333. The Hall–Kier alpha value is -2.83. The first-order chi connectivity index (χ1) is 14.3. The van der Waals surface area contributed by atoms with Gasteiger partial charge in [0.2, 0.25) is 9.84 Å². The van der Waals surface area contributed by atoms with E-state index in [1.165, 1.54) is 0 Å². The predicted octanol–water partition coefficient (Wildman–Crippen LogP) is 4.01. The van der Waals surface area contributed by atoms with Crippen LogP contribution in [0.2, 0.25) is 0 Å². The molecular formula is C18H14F6N2O4S. The maximum absolute atomic E-state index is 14.0. The summed E-state index contributed by atoms with van der Waals surface area (Å²) in [5, 5.41) is 9.28. The molecule has 1 aromatic heterocycles. The summed E-state index contributed by atoms with van der Waals surface area (Å²) in [4.78, 5) is 13.0. The quantitative estimate of drug-likeness (QED) is 0.683. The second-order valence-electron chi connectivity index (χ2n) is 6.69. The molecule has 168 valence electrons. The van der Waals surface area contributed by atoms with E-state index >= 15 is 0 Å². The molecule has 0 saturated carbocycles. The van der Waals surface area contributed by atoms with Gasteiger partial charge in [-0.05, 0) is 31.0 Å². The second-order valence-corrected chi connectivity index (χ2v) is 8.58. The molecule has 1 saturated heterocycles. The van der Waals surface area contributed by atoms with E-state index in [0.717, 1.165) is 17.0 Å². The van der Waals surface area contributed by atoms with E-state index in [4.69, 9.17) is 0 Å². The highest BCUT2D eigenvalue weighted by atomic mass is 32.2. The van der Waals surface area contributed by atoms with Gasteiger partial charge < -0.3 is 10.0 Å². The SMILES string of the molecule is O=C(O)C1CCCN1c1nccc(S(=O)(=O)c2ccccc2C(F)(F)F)c1C(F)(F)F. The molecule has 31 heavy (non-hydrogen) atoms. The smallest absolute Gasteiger partial charge is 0.421 e. The minimum Gasteiger partial charge on any atom is -0.480 e. The van der Waals surface area contributed by atoms with Crippen LogP contribution in [-0.4, -0.2) is 37.1 Å². The molecule has 1 aromatic carbocycles. The molecule has 3 rings (SSSR count). The van der Waals surface area contributed by atoms with E-state index in [1.54, 1.807) is 0 Å². The maximum atomic E-state index is 14.0. The number of alkyl halides is 6. The van der Waals surface area contributed by atoms with Gasteiger partial charge in [0, 0.05) is 12.7 Å². The molecular weight excluding hydrogens is 454 g/mol. The van der Waals surface area contributed by atoms with E-state index < -0.39 is 60.9 Å². The van der Waals surface area contributed by atoms with E-state index in [9.17, 15) is 44.7 Å². The van der Waals surface area contributed by atoms with E-state index in [2.05, 4.69) is 4.98 Å². The number of carboxylic acid groups (broad SMARTS) is 1. The van der Waals surface area contributed by atoms with Gasteiger partial charge in [0.1, 0.15) is 17.4 Å². The second kappa shape index (κ2) is 7.70. The Bertz CT molecular complexity index is 1110. The highest BCUT2D eigenvalue weighted by molar-refractivity contribution is 7.91. The van der Waals surface area contributed by atoms with Crippen molar-refractivity contribution in [1.29, 1.82) is 0 Å². The highest BCUT2D eigenvalue weighted by Crippen LogP contribution is 2.44. The van der Waals surface area contributed by atoms with Crippen LogP contribution in [0.15, 0.2) is 46.3 Å². The van der Waals surface area contributed by atoms with E-state index in [-0.39, 0.29) is 19.4 Å². The van der Waals surface area contributed by atoms with Crippen molar-refractivity contribution in [1.82, 2.24) is 4.98 Å². The molecule has 0 amide bonds. The van der Waals surface area contributed by atoms with Crippen molar-refractivity contribution in [2.24, 2.45) is 0 Å². The zero-order valence-corrected chi connectivity index (χ0v) is 16.2. The summed E-state index contributed by atoms with van der Waals surface area (Å²) in [6.07, 6.45) is -9.57. The summed E-state index contributed by atoms with van der Waals surface area (Å²) >= 11 is 0. The third-order valence-electron chi connectivity index (χ3n) is 4.76. The fourth-order valence-corrected chi connectivity index (χ4v) is 5.16. The van der Waals surface area contributed by atoms with Gasteiger partial charge in [-0.25, -0.2) is 18.2 Å². The lowest BCUT2D eigenvalue weighted by atomic mass is 10.2. The number of benzene rings is 1. The monoisotopic (exact) mass is 468 g/mol. The number of rotatable bonds is 4. The van der Waals surface area contributed by atoms with Crippen molar-refractivity contribution < 1.29 is 44.7 Å². The minimum atomic E-state index is -5.34. The third kappa shape index (κ3) is 4.18. The van der Waals surface area contributed by atoms with Gasteiger partial charge in [-0.15, -0.1) is 0 Å². The lowest BCUT2D eigenvalue weighted by Crippen LogP contribution is -2.38. The summed E-state index contributed by atoms with van der Waals surface area (Å²) in [7, 11) is -5.31. The largest absolute Gasteiger partial charge is 0.480 e. The number of aliphatic carboxylic acids is 1. The third-order valence-corrected chi connectivity index (χ3v) is 6.61. The van der Waals surface area contributed by atoms with Crippen LogP contribution in [0.3, 0.4) is 0 Å². The molecule has 1 aliphatic rings. The molecule has 2 aromatic rings. The standard InChI is InChI=1S/C18H14F6N2O4S/c19-17(20,21)10-4-1-2-6-12(10)31(29,30)13-7-8-25-15(14(13)18(22,23)24)26-9-3-5-11(26)16(27)28/h1-2,4,6-8,11H,3,5,9H2,(H,27,28). The number of halogens is 6. The van der Waals surface area contributed by atoms with E-state index in [1.807, 2.05) is 0 Å². The Morgan fingerprint density at radius 1 is 1.03 bits per heavy atom. The number of carboxylic acids is 1. The van der Waals surface area contributed by atoms with Crippen LogP contribution in [-0.2, 0) is 27.0 Å². The molecule has 1 aliphatic heterocycles. The van der Waals surface area contributed by atoms with Crippen LogP contribution in [0, 0.1) is 0 Å². The van der Waals surface area contributed by atoms with Gasteiger partial charge in [-0.1, -0.05) is 12.1 Å². The Morgan fingerprint density at radius 3 is 2.26 bits per heavy atom. The Balaban J connectivity index is 2.30. The summed E-state index contributed by atoms with van der Waals surface area (Å²) in [5.41, 5.74) is -3.42. The molecule has 0 spiro atoms. The first-order valence-electron chi connectivity index (χ1n) is 8.73. The summed E-state index contributed by atoms with van der Waals surface area (Å²) in [6.45, 7) is -0.143. The number of carbonyl (C=O) groups is 1. The molecule has 0 aliphatic carbocycles.